The smallest absolute Gasteiger partial charge is 0.124 e. The monoisotopic (exact) mass is 268 g/mol. The van der Waals surface area contributed by atoms with E-state index in [1.54, 1.807) is 6.07 Å². The van der Waals surface area contributed by atoms with Crippen molar-refractivity contribution in [3.8, 4) is 6.07 Å². The molecule has 0 saturated carbocycles. The van der Waals surface area contributed by atoms with Crippen LogP contribution >= 0.6 is 0 Å². The van der Waals surface area contributed by atoms with Gasteiger partial charge in [0.25, 0.3) is 0 Å². The third-order valence-electron chi connectivity index (χ3n) is 3.22. The number of anilines is 1. The van der Waals surface area contributed by atoms with E-state index >= 15 is 0 Å². The maximum absolute atomic E-state index is 13.1. The molecule has 0 amide bonds. The van der Waals surface area contributed by atoms with Gasteiger partial charge in [0.1, 0.15) is 11.9 Å². The van der Waals surface area contributed by atoms with Gasteiger partial charge in [-0.3, -0.25) is 0 Å². The Hall–Kier alpha value is -2.34. The summed E-state index contributed by atoms with van der Waals surface area (Å²) in [5, 5.41) is 12.3. The van der Waals surface area contributed by atoms with Crippen LogP contribution in [0.2, 0.25) is 0 Å². The first-order valence-electron chi connectivity index (χ1n) is 6.54. The van der Waals surface area contributed by atoms with Gasteiger partial charge < -0.3 is 5.32 Å². The molecule has 1 N–H and O–H groups in total. The first-order valence-corrected chi connectivity index (χ1v) is 6.54. The Balaban J connectivity index is 2.28. The van der Waals surface area contributed by atoms with Gasteiger partial charge >= 0.3 is 0 Å². The topological polar surface area (TPSA) is 35.8 Å². The normalized spacial score (nSPS) is 11.8. The summed E-state index contributed by atoms with van der Waals surface area (Å²) in [7, 11) is 0. The number of rotatable bonds is 3. The van der Waals surface area contributed by atoms with Gasteiger partial charge in [0.2, 0.25) is 0 Å². The molecule has 0 saturated heterocycles. The predicted octanol–water partition coefficient (Wildman–Crippen LogP) is 4.49. The van der Waals surface area contributed by atoms with Crippen molar-refractivity contribution in [3.63, 3.8) is 0 Å². The summed E-state index contributed by atoms with van der Waals surface area (Å²) in [6.45, 7) is 6.14. The van der Waals surface area contributed by atoms with Crippen molar-refractivity contribution in [2.75, 3.05) is 5.32 Å². The summed E-state index contributed by atoms with van der Waals surface area (Å²) in [4.78, 5) is 0. The highest BCUT2D eigenvalue weighted by atomic mass is 19.1. The van der Waals surface area contributed by atoms with E-state index < -0.39 is 5.82 Å². The lowest BCUT2D eigenvalue weighted by molar-refractivity contribution is 0.627. The van der Waals surface area contributed by atoms with Crippen LogP contribution in [0.5, 0.6) is 0 Å². The number of hydrogen-bond acceptors (Lipinski definition) is 2. The molecule has 2 aromatic carbocycles. The van der Waals surface area contributed by atoms with E-state index in [9.17, 15) is 4.39 Å². The SMILES string of the molecule is Cc1cc(C)cc(C(C)Nc2ccc(F)cc2C#N)c1. The Morgan fingerprint density at radius 2 is 1.75 bits per heavy atom. The minimum atomic E-state index is -0.397. The van der Waals surface area contributed by atoms with Crippen LogP contribution in [0, 0.1) is 31.0 Å². The third kappa shape index (κ3) is 3.16. The number of nitriles is 1. The molecule has 0 spiro atoms. The second kappa shape index (κ2) is 5.75. The molecule has 0 radical (unpaired) electrons. The van der Waals surface area contributed by atoms with E-state index in [1.807, 2.05) is 13.0 Å². The lowest BCUT2D eigenvalue weighted by Crippen LogP contribution is -2.08. The molecular formula is C17H17FN2. The van der Waals surface area contributed by atoms with Gasteiger partial charge in [-0.05, 0) is 44.5 Å². The highest BCUT2D eigenvalue weighted by Gasteiger charge is 2.10. The molecular weight excluding hydrogens is 251 g/mol. The van der Waals surface area contributed by atoms with E-state index in [0.717, 1.165) is 5.56 Å². The van der Waals surface area contributed by atoms with Gasteiger partial charge in [0.05, 0.1) is 11.3 Å². The molecule has 0 fully saturated rings. The fourth-order valence-corrected chi connectivity index (χ4v) is 2.31. The fourth-order valence-electron chi connectivity index (χ4n) is 2.31. The maximum atomic E-state index is 13.1. The largest absolute Gasteiger partial charge is 0.377 e. The van der Waals surface area contributed by atoms with Crippen LogP contribution in [0.3, 0.4) is 0 Å². The minimum Gasteiger partial charge on any atom is -0.377 e. The van der Waals surface area contributed by atoms with Crippen molar-refractivity contribution >= 4 is 5.69 Å². The molecule has 0 aliphatic carbocycles. The molecule has 0 bridgehead atoms. The molecule has 0 aliphatic heterocycles. The standard InChI is InChI=1S/C17H17FN2/c1-11-6-12(2)8-14(7-11)13(3)20-17-5-4-16(18)9-15(17)10-19/h4-9,13,20H,1-3H3. The van der Waals surface area contributed by atoms with Gasteiger partial charge in [-0.25, -0.2) is 4.39 Å². The summed E-state index contributed by atoms with van der Waals surface area (Å²) < 4.78 is 13.1. The zero-order valence-electron chi connectivity index (χ0n) is 11.9. The Bertz CT molecular complexity index is 651. The number of hydrogen-bond donors (Lipinski definition) is 1. The molecule has 2 nitrogen and oxygen atoms in total. The lowest BCUT2D eigenvalue weighted by atomic mass is 10.0. The number of nitrogens with one attached hydrogen (secondary N) is 1. The van der Waals surface area contributed by atoms with Crippen LogP contribution in [0.4, 0.5) is 10.1 Å². The Labute approximate surface area is 118 Å². The van der Waals surface area contributed by atoms with Crippen molar-refractivity contribution in [1.82, 2.24) is 0 Å². The van der Waals surface area contributed by atoms with Crippen LogP contribution < -0.4 is 5.32 Å². The molecule has 3 heteroatoms. The number of nitrogens with zero attached hydrogens (tertiary/aromatic N) is 1. The van der Waals surface area contributed by atoms with Crippen LogP contribution in [0.15, 0.2) is 36.4 Å². The van der Waals surface area contributed by atoms with E-state index in [2.05, 4.69) is 37.4 Å². The summed E-state index contributed by atoms with van der Waals surface area (Å²) >= 11 is 0. The van der Waals surface area contributed by atoms with Crippen molar-refractivity contribution in [3.05, 3.63) is 64.5 Å². The summed E-state index contributed by atoms with van der Waals surface area (Å²) in [5.74, 6) is -0.397. The number of aryl methyl sites for hydroxylation is 2. The number of benzene rings is 2. The Kier molecular flexibility index (Phi) is 4.05. The Morgan fingerprint density at radius 1 is 1.10 bits per heavy atom. The molecule has 102 valence electrons. The van der Waals surface area contributed by atoms with Crippen LogP contribution in [0.1, 0.15) is 35.2 Å². The molecule has 0 aliphatic rings. The van der Waals surface area contributed by atoms with Crippen molar-refractivity contribution in [1.29, 1.82) is 5.26 Å². The second-order valence-corrected chi connectivity index (χ2v) is 5.09. The van der Waals surface area contributed by atoms with Crippen molar-refractivity contribution in [2.24, 2.45) is 0 Å². The molecule has 2 aromatic rings. The van der Waals surface area contributed by atoms with Crippen molar-refractivity contribution in [2.45, 2.75) is 26.8 Å². The fraction of sp³-hybridized carbons (Fsp3) is 0.235. The molecule has 20 heavy (non-hydrogen) atoms. The molecule has 0 heterocycles. The number of halogens is 1. The summed E-state index contributed by atoms with van der Waals surface area (Å²) in [6.07, 6.45) is 0. The molecule has 2 rings (SSSR count). The molecule has 1 unspecified atom stereocenters. The maximum Gasteiger partial charge on any atom is 0.124 e. The zero-order valence-corrected chi connectivity index (χ0v) is 11.9. The van der Waals surface area contributed by atoms with E-state index in [0.29, 0.717) is 11.3 Å². The lowest BCUT2D eigenvalue weighted by Gasteiger charge is -2.18. The quantitative estimate of drug-likeness (QED) is 0.890. The first kappa shape index (κ1) is 14.1. The van der Waals surface area contributed by atoms with Crippen LogP contribution in [-0.2, 0) is 0 Å². The van der Waals surface area contributed by atoms with Gasteiger partial charge in [0, 0.05) is 6.04 Å². The van der Waals surface area contributed by atoms with Crippen LogP contribution in [-0.4, -0.2) is 0 Å². The second-order valence-electron chi connectivity index (χ2n) is 5.09. The van der Waals surface area contributed by atoms with Gasteiger partial charge in [-0.15, -0.1) is 0 Å². The molecule has 1 atom stereocenters. The van der Waals surface area contributed by atoms with E-state index in [1.165, 1.54) is 23.3 Å². The highest BCUT2D eigenvalue weighted by Crippen LogP contribution is 2.24. The molecule has 0 aromatic heterocycles. The van der Waals surface area contributed by atoms with E-state index in [-0.39, 0.29) is 6.04 Å². The van der Waals surface area contributed by atoms with Crippen molar-refractivity contribution < 1.29 is 4.39 Å². The Morgan fingerprint density at radius 3 is 2.35 bits per heavy atom. The van der Waals surface area contributed by atoms with Gasteiger partial charge in [-0.2, -0.15) is 5.26 Å². The first-order chi connectivity index (χ1) is 9.49. The average Bonchev–Trinajstić information content (AvgIpc) is 2.39. The average molecular weight is 268 g/mol. The van der Waals surface area contributed by atoms with Gasteiger partial charge in [0.15, 0.2) is 0 Å². The minimum absolute atomic E-state index is 0.0474. The summed E-state index contributed by atoms with van der Waals surface area (Å²) in [5.41, 5.74) is 4.53. The van der Waals surface area contributed by atoms with E-state index in [4.69, 9.17) is 5.26 Å². The zero-order chi connectivity index (χ0) is 14.7. The van der Waals surface area contributed by atoms with Crippen LogP contribution in [0.25, 0.3) is 0 Å². The van der Waals surface area contributed by atoms with Gasteiger partial charge in [-0.1, -0.05) is 29.3 Å². The predicted molar refractivity (Wildman–Crippen MR) is 79.1 cm³/mol. The third-order valence-corrected chi connectivity index (χ3v) is 3.22. The highest BCUT2D eigenvalue weighted by molar-refractivity contribution is 5.58. The summed E-state index contributed by atoms with van der Waals surface area (Å²) in [6, 6.07) is 12.6.